The van der Waals surface area contributed by atoms with E-state index in [1.807, 2.05) is 0 Å². The number of nitrogens with two attached hydrogens (primary N) is 3. The molecule has 1 heterocycles. The van der Waals surface area contributed by atoms with Gasteiger partial charge in [0.25, 0.3) is 5.56 Å². The Labute approximate surface area is 181 Å². The molecule has 0 amide bonds. The number of aliphatic hydroxyl groups is 1. The van der Waals surface area contributed by atoms with Crippen LogP contribution in [0.4, 0.5) is 0 Å². The van der Waals surface area contributed by atoms with Gasteiger partial charge in [-0.2, -0.15) is 0 Å². The van der Waals surface area contributed by atoms with E-state index in [1.54, 1.807) is 19.2 Å². The molecule has 0 atom stereocenters. The number of aromatic amines is 2. The minimum atomic E-state index is -0.126. The Bertz CT molecular complexity index is 673. The van der Waals surface area contributed by atoms with Crippen molar-refractivity contribution in [2.24, 2.45) is 17.2 Å². The Morgan fingerprint density at radius 2 is 1.89 bits per heavy atom. The zero-order chi connectivity index (χ0) is 21.8. The van der Waals surface area contributed by atoms with Gasteiger partial charge < -0.3 is 32.2 Å². The van der Waals surface area contributed by atoms with Crippen LogP contribution in [-0.2, 0) is 0 Å². The van der Waals surface area contributed by atoms with Crippen LogP contribution in [0.25, 0.3) is 0 Å². The second-order valence-electron chi connectivity index (χ2n) is 4.17. The first kappa shape index (κ1) is 29.9. The molecule has 0 fully saturated rings. The normalized spacial score (nSPS) is 8.07. The monoisotopic (exact) mass is 501 g/mol. The number of aryl methyl sites for hydroxylation is 1. The van der Waals surface area contributed by atoms with Crippen molar-refractivity contribution in [3.63, 3.8) is 0 Å². The SMILES string of the molecule is C=CCNC(=S)NCCO.Cc1c[nH]c(=S)[nH]c1=O.N=C(N)[Se].NC(N)=S. The Balaban J connectivity index is -0.000000310. The van der Waals surface area contributed by atoms with E-state index in [0.29, 0.717) is 28.5 Å². The zero-order valence-electron chi connectivity index (χ0n) is 14.7. The molecule has 27 heavy (non-hydrogen) atoms. The summed E-state index contributed by atoms with van der Waals surface area (Å²) in [5.74, 6) is 0. The van der Waals surface area contributed by atoms with Crippen LogP contribution in [0.2, 0.25) is 0 Å². The standard InChI is InChI=1S/C6H12N2OS.C5H6N2OS.CH4N2S.CH3N2Se/c1-2-3-7-6(10)8-4-5-9;1-3-2-6-5(9)7-4(3)8;2*2-1(3)4/h2,9H,1,3-5H2,(H2,7,8,10);2H,1H3,(H2,6,7,8,9);(H4,2,3,4);(H3,2,3). The maximum absolute atomic E-state index is 10.7. The van der Waals surface area contributed by atoms with E-state index in [9.17, 15) is 4.79 Å². The van der Waals surface area contributed by atoms with E-state index in [1.165, 1.54) is 0 Å². The van der Waals surface area contributed by atoms with Crippen molar-refractivity contribution < 1.29 is 5.11 Å². The topological polar surface area (TPSA) is 195 Å². The number of amidine groups is 1. The summed E-state index contributed by atoms with van der Waals surface area (Å²) in [5, 5.41) is 20.8. The zero-order valence-corrected chi connectivity index (χ0v) is 18.9. The van der Waals surface area contributed by atoms with Crippen molar-refractivity contribution in [3.05, 3.63) is 39.5 Å². The molecule has 0 saturated carbocycles. The fraction of sp³-hybridized carbons (Fsp3) is 0.308. The van der Waals surface area contributed by atoms with Crippen molar-refractivity contribution in [1.82, 2.24) is 20.6 Å². The maximum Gasteiger partial charge on any atom is 0.160 e. The van der Waals surface area contributed by atoms with Gasteiger partial charge in [-0.1, -0.05) is 6.08 Å². The van der Waals surface area contributed by atoms with Crippen LogP contribution >= 0.6 is 36.7 Å². The number of nitrogens with one attached hydrogen (secondary N) is 5. The average Bonchev–Trinajstić information content (AvgIpc) is 2.54. The Morgan fingerprint density at radius 3 is 2.22 bits per heavy atom. The predicted molar refractivity (Wildman–Crippen MR) is 122 cm³/mol. The van der Waals surface area contributed by atoms with Crippen LogP contribution in [0.5, 0.6) is 0 Å². The molecule has 0 spiro atoms. The molecule has 1 rings (SSSR count). The summed E-state index contributed by atoms with van der Waals surface area (Å²) in [6, 6.07) is 0. The predicted octanol–water partition coefficient (Wildman–Crippen LogP) is -1.39. The fourth-order valence-corrected chi connectivity index (χ4v) is 1.21. The van der Waals surface area contributed by atoms with Crippen LogP contribution in [0.3, 0.4) is 0 Å². The van der Waals surface area contributed by atoms with Gasteiger partial charge in [0.05, 0.1) is 6.61 Å². The van der Waals surface area contributed by atoms with Gasteiger partial charge in [0.1, 0.15) is 0 Å². The molecular weight excluding hydrogens is 475 g/mol. The van der Waals surface area contributed by atoms with Gasteiger partial charge in [0.2, 0.25) is 0 Å². The minimum absolute atomic E-state index is 0.000000000000000222. The van der Waals surface area contributed by atoms with E-state index >= 15 is 0 Å². The Kier molecular flexibility index (Phi) is 22.7. The van der Waals surface area contributed by atoms with Gasteiger partial charge in [-0.25, -0.2) is 0 Å². The summed E-state index contributed by atoms with van der Waals surface area (Å²) in [6.07, 6.45) is 3.30. The summed E-state index contributed by atoms with van der Waals surface area (Å²) in [4.78, 5) is 15.8. The van der Waals surface area contributed by atoms with Crippen LogP contribution < -0.4 is 33.4 Å². The number of aliphatic hydroxyl groups excluding tert-OH is 1. The van der Waals surface area contributed by atoms with Crippen LogP contribution in [0.15, 0.2) is 23.6 Å². The summed E-state index contributed by atoms with van der Waals surface area (Å²) in [7, 11) is 0. The molecule has 0 aliphatic rings. The third-order valence-corrected chi connectivity index (χ3v) is 2.32. The van der Waals surface area contributed by atoms with E-state index < -0.39 is 0 Å². The fourth-order valence-electron chi connectivity index (χ4n) is 0.874. The van der Waals surface area contributed by atoms with Crippen molar-refractivity contribution in [2.45, 2.75) is 6.92 Å². The van der Waals surface area contributed by atoms with Gasteiger partial charge in [-0.05, 0) is 43.6 Å². The molecule has 1 aromatic heterocycles. The van der Waals surface area contributed by atoms with Gasteiger partial charge in [-0.3, -0.25) is 9.78 Å². The smallest absolute Gasteiger partial charge is 0.160 e. The molecule has 10 nitrogen and oxygen atoms in total. The van der Waals surface area contributed by atoms with Gasteiger partial charge >= 0.3 is 31.9 Å². The van der Waals surface area contributed by atoms with E-state index in [-0.39, 0.29) is 22.0 Å². The van der Waals surface area contributed by atoms with Crippen molar-refractivity contribution in [2.75, 3.05) is 19.7 Å². The van der Waals surface area contributed by atoms with Crippen LogP contribution in [0.1, 0.15) is 5.56 Å². The number of thiocarbonyl (C=S) groups is 2. The number of H-pyrrole nitrogens is 2. The summed E-state index contributed by atoms with van der Waals surface area (Å²) >= 11 is 15.8. The molecule has 0 unspecified atom stereocenters. The third-order valence-electron chi connectivity index (χ3n) is 1.81. The van der Waals surface area contributed by atoms with Crippen LogP contribution in [0, 0.1) is 17.1 Å². The summed E-state index contributed by atoms with van der Waals surface area (Å²) < 4.78 is 0.408. The second-order valence-corrected chi connectivity index (χ2v) is 6.38. The molecule has 0 aliphatic heterocycles. The summed E-state index contributed by atoms with van der Waals surface area (Å²) in [5.41, 5.74) is 14.4. The molecule has 153 valence electrons. The van der Waals surface area contributed by atoms with E-state index in [0.717, 1.165) is 0 Å². The molecule has 12 N–H and O–H groups in total. The van der Waals surface area contributed by atoms with E-state index in [2.05, 4.69) is 84.8 Å². The first-order valence-electron chi connectivity index (χ1n) is 7.05. The van der Waals surface area contributed by atoms with Gasteiger partial charge in [-0.15, -0.1) is 6.58 Å². The molecule has 0 bridgehead atoms. The molecule has 0 aliphatic carbocycles. The number of hydrogen-bond donors (Lipinski definition) is 9. The summed E-state index contributed by atoms with van der Waals surface area (Å²) in [6.45, 7) is 6.46. The molecule has 14 heteroatoms. The molecule has 0 aromatic carbocycles. The minimum Gasteiger partial charge on any atom is -0.377 e. The average molecular weight is 501 g/mol. The first-order chi connectivity index (χ1) is 12.5. The second kappa shape index (κ2) is 20.5. The quantitative estimate of drug-likeness (QED) is 0.0780. The van der Waals surface area contributed by atoms with E-state index in [4.69, 9.17) is 22.7 Å². The first-order valence-corrected chi connectivity index (χ1v) is 9.14. The molecule has 0 saturated heterocycles. The number of hydrogen-bond acceptors (Lipinski definition) is 6. The maximum atomic E-state index is 10.7. The van der Waals surface area contributed by atoms with Crippen LogP contribution in [-0.4, -0.2) is 65.7 Å². The largest absolute Gasteiger partial charge is 0.377 e. The van der Waals surface area contributed by atoms with Gasteiger partial charge in [0.15, 0.2) is 15.0 Å². The number of aromatic nitrogens is 2. The molecule has 1 radical (unpaired) electrons. The molecular formula is C13H25N8O2S3Se. The van der Waals surface area contributed by atoms with Crippen molar-refractivity contribution in [3.8, 4) is 0 Å². The van der Waals surface area contributed by atoms with Crippen molar-refractivity contribution in [1.29, 1.82) is 5.41 Å². The van der Waals surface area contributed by atoms with Crippen molar-refractivity contribution >= 4 is 67.6 Å². The Morgan fingerprint density at radius 1 is 1.41 bits per heavy atom. The third kappa shape index (κ3) is 32.3. The van der Waals surface area contributed by atoms with Gasteiger partial charge in [0, 0.05) is 24.8 Å². The number of rotatable bonds is 4. The Hall–Kier alpha value is -1.83. The molecule has 1 aromatic rings.